The molecule has 2 unspecified atom stereocenters. The quantitative estimate of drug-likeness (QED) is 0.699. The Balaban J connectivity index is 1.39. The lowest BCUT2D eigenvalue weighted by Crippen LogP contribution is -2.46. The van der Waals surface area contributed by atoms with E-state index in [4.69, 9.17) is 0 Å². The summed E-state index contributed by atoms with van der Waals surface area (Å²) in [6.07, 6.45) is 4.16. The fraction of sp³-hybridized carbons (Fsp3) is 0.706. The number of thiazole rings is 1. The summed E-state index contributed by atoms with van der Waals surface area (Å²) in [5, 5.41) is 11.7. The Hall–Kier alpha value is -1.51. The third-order valence-electron chi connectivity index (χ3n) is 4.78. The van der Waals surface area contributed by atoms with Gasteiger partial charge in [0.1, 0.15) is 0 Å². The molecule has 8 heteroatoms. The number of carbonyl (C=O) groups is 2. The molecule has 25 heavy (non-hydrogen) atoms. The monoisotopic (exact) mass is 365 g/mol. The van der Waals surface area contributed by atoms with Gasteiger partial charge in [-0.2, -0.15) is 0 Å². The first kappa shape index (κ1) is 18.3. The minimum Gasteiger partial charge on any atom is -0.354 e. The lowest BCUT2D eigenvalue weighted by molar-refractivity contribution is -0.123. The van der Waals surface area contributed by atoms with Crippen molar-refractivity contribution in [3.63, 3.8) is 0 Å². The fourth-order valence-corrected chi connectivity index (χ4v) is 4.22. The number of likely N-dealkylation sites (tertiary alicyclic amines) is 1. The van der Waals surface area contributed by atoms with Gasteiger partial charge in [-0.1, -0.05) is 0 Å². The van der Waals surface area contributed by atoms with Crippen molar-refractivity contribution in [1.29, 1.82) is 0 Å². The molecule has 1 aromatic heterocycles. The normalized spacial score (nSPS) is 24.2. The molecular weight excluding hydrogens is 338 g/mol. The molecule has 2 saturated heterocycles. The first-order chi connectivity index (χ1) is 12.1. The molecule has 0 saturated carbocycles. The first-order valence-corrected chi connectivity index (χ1v) is 9.93. The van der Waals surface area contributed by atoms with E-state index >= 15 is 0 Å². The average molecular weight is 366 g/mol. The van der Waals surface area contributed by atoms with E-state index in [1.54, 1.807) is 0 Å². The summed E-state index contributed by atoms with van der Waals surface area (Å²) in [7, 11) is 0. The molecule has 0 aliphatic carbocycles. The van der Waals surface area contributed by atoms with Crippen molar-refractivity contribution in [2.45, 2.75) is 38.6 Å². The standard InChI is InChI=1S/C17H27N5O2S/c1-12-11-25-17(20-12)21-15(23)10-22-7-3-4-13(9-22)8-19-16(24)14-5-2-6-18-14/h11,13-14,18H,2-10H2,1H3,(H,19,24)(H,20,21,23). The number of aryl methyl sites for hydroxylation is 1. The summed E-state index contributed by atoms with van der Waals surface area (Å²) in [4.78, 5) is 30.7. The van der Waals surface area contributed by atoms with E-state index in [0.717, 1.165) is 51.0 Å². The molecule has 3 rings (SSSR count). The second-order valence-electron chi connectivity index (χ2n) is 6.98. The molecule has 0 bridgehead atoms. The Morgan fingerprint density at radius 3 is 3.00 bits per heavy atom. The zero-order valence-electron chi connectivity index (χ0n) is 14.7. The van der Waals surface area contributed by atoms with Gasteiger partial charge in [-0.05, 0) is 51.6 Å². The van der Waals surface area contributed by atoms with Crippen molar-refractivity contribution in [3.8, 4) is 0 Å². The third kappa shape index (κ3) is 5.49. The Morgan fingerprint density at radius 2 is 2.28 bits per heavy atom. The summed E-state index contributed by atoms with van der Waals surface area (Å²) >= 11 is 1.45. The number of amides is 2. The van der Waals surface area contributed by atoms with Crippen LogP contribution in [0.3, 0.4) is 0 Å². The number of carbonyl (C=O) groups excluding carboxylic acids is 2. The third-order valence-corrected chi connectivity index (χ3v) is 5.65. The summed E-state index contributed by atoms with van der Waals surface area (Å²) in [5.41, 5.74) is 0.922. The molecule has 0 spiro atoms. The molecule has 3 heterocycles. The maximum absolute atomic E-state index is 12.2. The van der Waals surface area contributed by atoms with Gasteiger partial charge in [0.2, 0.25) is 11.8 Å². The van der Waals surface area contributed by atoms with E-state index in [0.29, 0.717) is 24.1 Å². The van der Waals surface area contributed by atoms with Crippen molar-refractivity contribution in [2.24, 2.45) is 5.92 Å². The van der Waals surface area contributed by atoms with Crippen LogP contribution in [0.25, 0.3) is 0 Å². The van der Waals surface area contributed by atoms with Crippen LogP contribution in [-0.4, -0.2) is 60.5 Å². The molecule has 3 N–H and O–H groups in total. The van der Waals surface area contributed by atoms with E-state index in [1.165, 1.54) is 11.3 Å². The number of hydrogen-bond donors (Lipinski definition) is 3. The second-order valence-corrected chi connectivity index (χ2v) is 7.84. The van der Waals surface area contributed by atoms with E-state index in [1.807, 2.05) is 12.3 Å². The van der Waals surface area contributed by atoms with Gasteiger partial charge in [0.05, 0.1) is 18.3 Å². The number of aromatic nitrogens is 1. The Morgan fingerprint density at radius 1 is 1.40 bits per heavy atom. The highest BCUT2D eigenvalue weighted by Gasteiger charge is 2.25. The lowest BCUT2D eigenvalue weighted by Gasteiger charge is -2.32. The number of rotatable bonds is 6. The molecule has 2 atom stereocenters. The van der Waals surface area contributed by atoms with E-state index in [9.17, 15) is 9.59 Å². The summed E-state index contributed by atoms with van der Waals surface area (Å²) in [6, 6.07) is -0.0211. The molecule has 138 valence electrons. The smallest absolute Gasteiger partial charge is 0.240 e. The van der Waals surface area contributed by atoms with Gasteiger partial charge in [-0.15, -0.1) is 11.3 Å². The van der Waals surface area contributed by atoms with Crippen molar-refractivity contribution in [1.82, 2.24) is 20.5 Å². The van der Waals surface area contributed by atoms with Crippen LogP contribution in [0, 0.1) is 12.8 Å². The van der Waals surface area contributed by atoms with E-state index in [2.05, 4.69) is 25.8 Å². The largest absolute Gasteiger partial charge is 0.354 e. The molecule has 7 nitrogen and oxygen atoms in total. The zero-order valence-corrected chi connectivity index (χ0v) is 15.5. The molecule has 1 aromatic rings. The second kappa shape index (κ2) is 8.73. The maximum Gasteiger partial charge on any atom is 0.240 e. The Labute approximate surface area is 152 Å². The van der Waals surface area contributed by atoms with E-state index in [-0.39, 0.29) is 17.9 Å². The van der Waals surface area contributed by atoms with Crippen LogP contribution >= 0.6 is 11.3 Å². The highest BCUT2D eigenvalue weighted by atomic mass is 32.1. The molecular formula is C17H27N5O2S. The van der Waals surface area contributed by atoms with Crippen LogP contribution < -0.4 is 16.0 Å². The van der Waals surface area contributed by atoms with Gasteiger partial charge < -0.3 is 16.0 Å². The van der Waals surface area contributed by atoms with Gasteiger partial charge in [-0.3, -0.25) is 14.5 Å². The first-order valence-electron chi connectivity index (χ1n) is 9.05. The van der Waals surface area contributed by atoms with Crippen molar-refractivity contribution >= 4 is 28.3 Å². The number of anilines is 1. The highest BCUT2D eigenvalue weighted by Crippen LogP contribution is 2.17. The minimum atomic E-state index is -0.0211. The fourth-order valence-electron chi connectivity index (χ4n) is 3.51. The van der Waals surface area contributed by atoms with Crippen LogP contribution in [0.5, 0.6) is 0 Å². The van der Waals surface area contributed by atoms with E-state index < -0.39 is 0 Å². The van der Waals surface area contributed by atoms with Crippen molar-refractivity contribution < 1.29 is 9.59 Å². The van der Waals surface area contributed by atoms with Gasteiger partial charge in [0, 0.05) is 18.5 Å². The lowest BCUT2D eigenvalue weighted by atomic mass is 9.98. The summed E-state index contributed by atoms with van der Waals surface area (Å²) in [6.45, 7) is 5.70. The SMILES string of the molecule is Cc1csc(NC(=O)CN2CCCC(CNC(=O)C3CCCN3)C2)n1. The number of hydrogen-bond acceptors (Lipinski definition) is 6. The molecule has 2 amide bonds. The van der Waals surface area contributed by atoms with Gasteiger partial charge in [-0.25, -0.2) is 4.98 Å². The van der Waals surface area contributed by atoms with Crippen LogP contribution in [0.4, 0.5) is 5.13 Å². The van der Waals surface area contributed by atoms with Crippen LogP contribution in [0.15, 0.2) is 5.38 Å². The topological polar surface area (TPSA) is 86.4 Å². The van der Waals surface area contributed by atoms with Crippen LogP contribution in [0.1, 0.15) is 31.4 Å². The summed E-state index contributed by atoms with van der Waals surface area (Å²) in [5.74, 6) is 0.509. The predicted octanol–water partition coefficient (Wildman–Crippen LogP) is 0.970. The molecule has 0 aromatic carbocycles. The Bertz CT molecular complexity index is 600. The number of nitrogens with zero attached hydrogens (tertiary/aromatic N) is 2. The summed E-state index contributed by atoms with van der Waals surface area (Å²) < 4.78 is 0. The molecule has 2 aliphatic rings. The molecule has 2 aliphatic heterocycles. The number of nitrogens with one attached hydrogen (secondary N) is 3. The zero-order chi connectivity index (χ0) is 17.6. The molecule has 0 radical (unpaired) electrons. The van der Waals surface area contributed by atoms with Gasteiger partial charge in [0.25, 0.3) is 0 Å². The highest BCUT2D eigenvalue weighted by molar-refractivity contribution is 7.13. The van der Waals surface area contributed by atoms with Crippen LogP contribution in [0.2, 0.25) is 0 Å². The minimum absolute atomic E-state index is 0.0193. The maximum atomic E-state index is 12.2. The number of piperidine rings is 1. The van der Waals surface area contributed by atoms with Gasteiger partial charge >= 0.3 is 0 Å². The van der Waals surface area contributed by atoms with Crippen molar-refractivity contribution in [2.75, 3.05) is 38.0 Å². The van der Waals surface area contributed by atoms with Gasteiger partial charge in [0.15, 0.2) is 5.13 Å². The molecule has 2 fully saturated rings. The Kier molecular flexibility index (Phi) is 6.39. The van der Waals surface area contributed by atoms with Crippen molar-refractivity contribution in [3.05, 3.63) is 11.1 Å². The predicted molar refractivity (Wildman–Crippen MR) is 98.7 cm³/mol. The average Bonchev–Trinajstić information content (AvgIpc) is 3.25. The van der Waals surface area contributed by atoms with Crippen LogP contribution in [-0.2, 0) is 9.59 Å².